The van der Waals surface area contributed by atoms with Gasteiger partial charge < -0.3 is 34.3 Å². The zero-order valence-electron chi connectivity index (χ0n) is 18.5. The number of carbonyl (C=O) groups is 2. The number of esters is 2. The van der Waals surface area contributed by atoms with Crippen molar-refractivity contribution in [2.24, 2.45) is 11.3 Å². The lowest BCUT2D eigenvalue weighted by atomic mass is 9.60. The molecule has 0 bridgehead atoms. The van der Waals surface area contributed by atoms with Crippen LogP contribution in [-0.4, -0.2) is 77.3 Å². The number of rotatable bonds is 5. The predicted molar refractivity (Wildman–Crippen MR) is 110 cm³/mol. The van der Waals surface area contributed by atoms with E-state index in [1.54, 1.807) is 0 Å². The van der Waals surface area contributed by atoms with E-state index in [2.05, 4.69) is 13.5 Å². The van der Waals surface area contributed by atoms with Crippen molar-refractivity contribution < 1.29 is 43.9 Å². The number of aliphatic hydroxyl groups is 3. The molecule has 0 amide bonds. The number of hydrogen-bond donors (Lipinski definition) is 3. The molecule has 2 aliphatic heterocycles. The molecule has 0 aromatic rings. The number of hydrogen-bond acceptors (Lipinski definition) is 9. The van der Waals surface area contributed by atoms with Crippen LogP contribution in [0.5, 0.6) is 0 Å². The smallest absolute Gasteiger partial charge is 0.334 e. The monoisotopic (exact) mass is 452 g/mol. The molecule has 0 unspecified atom stereocenters. The molecule has 0 spiro atoms. The lowest BCUT2D eigenvalue weighted by Gasteiger charge is -2.46. The largest absolute Gasteiger partial charge is 0.463 e. The van der Waals surface area contributed by atoms with E-state index in [-0.39, 0.29) is 36.6 Å². The van der Waals surface area contributed by atoms with Gasteiger partial charge in [0.25, 0.3) is 0 Å². The minimum atomic E-state index is -1.50. The summed E-state index contributed by atoms with van der Waals surface area (Å²) in [4.78, 5) is 23.1. The van der Waals surface area contributed by atoms with E-state index in [4.69, 9.17) is 18.9 Å². The van der Waals surface area contributed by atoms with Crippen molar-refractivity contribution in [3.63, 3.8) is 0 Å². The van der Waals surface area contributed by atoms with E-state index in [0.29, 0.717) is 12.0 Å². The summed E-state index contributed by atoms with van der Waals surface area (Å²) in [5.41, 5.74) is 2.76. The molecule has 9 heteroatoms. The summed E-state index contributed by atoms with van der Waals surface area (Å²) in [6.45, 7) is 7.27. The first-order valence-corrected chi connectivity index (χ1v) is 11.2. The van der Waals surface area contributed by atoms with E-state index in [1.807, 2.05) is 0 Å². The first-order chi connectivity index (χ1) is 15.1. The van der Waals surface area contributed by atoms with Gasteiger partial charge in [0.2, 0.25) is 0 Å². The van der Waals surface area contributed by atoms with Crippen LogP contribution in [0.15, 0.2) is 23.3 Å². The highest BCUT2D eigenvalue weighted by atomic mass is 16.7. The summed E-state index contributed by atoms with van der Waals surface area (Å²) in [5, 5.41) is 30.7. The molecule has 2 heterocycles. The maximum atomic E-state index is 12.0. The van der Waals surface area contributed by atoms with Crippen LogP contribution in [0.25, 0.3) is 0 Å². The van der Waals surface area contributed by atoms with Gasteiger partial charge in [0, 0.05) is 18.4 Å². The summed E-state index contributed by atoms with van der Waals surface area (Å²) >= 11 is 0. The summed E-state index contributed by atoms with van der Waals surface area (Å²) in [6, 6.07) is 0. The summed E-state index contributed by atoms with van der Waals surface area (Å²) < 4.78 is 21.9. The van der Waals surface area contributed by atoms with E-state index < -0.39 is 36.7 Å². The molecule has 3 fully saturated rings. The number of ether oxygens (including phenoxy) is 4. The quantitative estimate of drug-likeness (QED) is 0.314. The van der Waals surface area contributed by atoms with Crippen LogP contribution in [0, 0.1) is 11.3 Å². The Hall–Kier alpha value is -1.78. The van der Waals surface area contributed by atoms with Gasteiger partial charge in [-0.2, -0.15) is 0 Å². The van der Waals surface area contributed by atoms with Crippen LogP contribution in [0.2, 0.25) is 0 Å². The molecule has 3 N–H and O–H groups in total. The number of carbonyl (C=O) groups excluding carboxylic acids is 2. The highest BCUT2D eigenvalue weighted by molar-refractivity contribution is 5.91. The summed E-state index contributed by atoms with van der Waals surface area (Å²) in [5.74, 6) is -0.884. The van der Waals surface area contributed by atoms with Gasteiger partial charge in [-0.05, 0) is 43.1 Å². The fourth-order valence-corrected chi connectivity index (χ4v) is 5.54. The fraction of sp³-hybridized carbons (Fsp3) is 0.739. The molecular formula is C23H32O9. The van der Waals surface area contributed by atoms with Gasteiger partial charge in [-0.1, -0.05) is 19.1 Å². The Morgan fingerprint density at radius 2 is 2.00 bits per heavy atom. The normalized spacial score (nSPS) is 41.7. The van der Waals surface area contributed by atoms with E-state index in [0.717, 1.165) is 31.3 Å². The Kier molecular flexibility index (Phi) is 6.48. The van der Waals surface area contributed by atoms with Gasteiger partial charge >= 0.3 is 11.9 Å². The van der Waals surface area contributed by atoms with Gasteiger partial charge in [-0.15, -0.1) is 0 Å². The average molecular weight is 453 g/mol. The van der Waals surface area contributed by atoms with Crippen molar-refractivity contribution in [1.82, 2.24) is 0 Å². The van der Waals surface area contributed by atoms with Gasteiger partial charge in [-0.25, -0.2) is 4.79 Å². The Balaban J connectivity index is 1.48. The lowest BCUT2D eigenvalue weighted by Crippen LogP contribution is -2.59. The highest BCUT2D eigenvalue weighted by Gasteiger charge is 2.50. The van der Waals surface area contributed by atoms with Gasteiger partial charge in [-0.3, -0.25) is 4.79 Å². The van der Waals surface area contributed by atoms with Crippen LogP contribution in [0.3, 0.4) is 0 Å². The van der Waals surface area contributed by atoms with Gasteiger partial charge in [0.15, 0.2) is 6.29 Å². The van der Waals surface area contributed by atoms with Crippen molar-refractivity contribution in [3.8, 4) is 0 Å². The standard InChI is InChI=1S/C23H32O9/c1-11-14-7-15-13(5-4-6-23(15,3)8-16(14)31-21(11)28)9-30-22-20(27)19(26)18(25)17(32-22)10-29-12(2)24/h14,16-20,22,25-27H,1,4-10H2,2-3H3/t14-,16+,17+,18+,19-,20+,22+,23+/m0/s1. The van der Waals surface area contributed by atoms with Crippen molar-refractivity contribution in [2.45, 2.75) is 82.8 Å². The molecule has 1 saturated carbocycles. The summed E-state index contributed by atoms with van der Waals surface area (Å²) in [6.07, 6.45) is -2.46. The summed E-state index contributed by atoms with van der Waals surface area (Å²) in [7, 11) is 0. The van der Waals surface area contributed by atoms with Crippen molar-refractivity contribution >= 4 is 11.9 Å². The van der Waals surface area contributed by atoms with E-state index >= 15 is 0 Å². The Morgan fingerprint density at radius 3 is 2.72 bits per heavy atom. The molecule has 2 saturated heterocycles. The average Bonchev–Trinajstić information content (AvgIpc) is 3.01. The molecular weight excluding hydrogens is 420 g/mol. The molecule has 2 aliphatic carbocycles. The van der Waals surface area contributed by atoms with Crippen molar-refractivity contribution in [2.75, 3.05) is 13.2 Å². The van der Waals surface area contributed by atoms with E-state index in [9.17, 15) is 24.9 Å². The molecule has 32 heavy (non-hydrogen) atoms. The van der Waals surface area contributed by atoms with Crippen molar-refractivity contribution in [3.05, 3.63) is 23.3 Å². The highest BCUT2D eigenvalue weighted by Crippen LogP contribution is 2.54. The molecule has 0 radical (unpaired) electrons. The number of allylic oxidation sites excluding steroid dienone is 1. The molecule has 4 rings (SSSR count). The maximum absolute atomic E-state index is 12.0. The van der Waals surface area contributed by atoms with Crippen LogP contribution in [-0.2, 0) is 28.5 Å². The first kappa shape index (κ1) is 23.4. The minimum absolute atomic E-state index is 0.0275. The van der Waals surface area contributed by atoms with Gasteiger partial charge in [0.1, 0.15) is 37.1 Å². The molecule has 178 valence electrons. The van der Waals surface area contributed by atoms with Crippen LogP contribution in [0.1, 0.15) is 46.0 Å². The molecule has 0 aromatic heterocycles. The fourth-order valence-electron chi connectivity index (χ4n) is 5.54. The molecule has 9 nitrogen and oxygen atoms in total. The van der Waals surface area contributed by atoms with Crippen LogP contribution >= 0.6 is 0 Å². The first-order valence-electron chi connectivity index (χ1n) is 11.2. The zero-order valence-corrected chi connectivity index (χ0v) is 18.5. The third-order valence-electron chi connectivity index (χ3n) is 7.40. The maximum Gasteiger partial charge on any atom is 0.334 e. The molecule has 4 aliphatic rings. The SMILES string of the molecule is C=C1C(=O)O[C@@H]2C[C@@]3(C)CCCC(CO[C@@H]4O[C@H](COC(C)=O)[C@@H](O)[C@H](O)[C@H]4O)=C3C[C@@H]12. The molecule has 8 atom stereocenters. The molecule has 0 aromatic carbocycles. The number of fused-ring (bicyclic) bond motifs is 2. The minimum Gasteiger partial charge on any atom is -0.463 e. The number of aliphatic hydroxyl groups excluding tert-OH is 3. The Labute approximate surface area is 187 Å². The topological polar surface area (TPSA) is 132 Å². The second-order valence-electron chi connectivity index (χ2n) is 9.61. The van der Waals surface area contributed by atoms with Crippen LogP contribution < -0.4 is 0 Å². The van der Waals surface area contributed by atoms with Crippen molar-refractivity contribution in [1.29, 1.82) is 0 Å². The predicted octanol–water partition coefficient (Wildman–Crippen LogP) is 0.752. The third-order valence-corrected chi connectivity index (χ3v) is 7.40. The van der Waals surface area contributed by atoms with E-state index in [1.165, 1.54) is 12.5 Å². The Bertz CT molecular complexity index is 820. The second kappa shape index (κ2) is 8.87. The second-order valence-corrected chi connectivity index (χ2v) is 9.61. The third kappa shape index (κ3) is 4.24. The van der Waals surface area contributed by atoms with Crippen LogP contribution in [0.4, 0.5) is 0 Å². The lowest BCUT2D eigenvalue weighted by molar-refractivity contribution is -0.299. The van der Waals surface area contributed by atoms with Gasteiger partial charge in [0.05, 0.1) is 6.61 Å². The zero-order chi connectivity index (χ0) is 23.2. The Morgan fingerprint density at radius 1 is 1.25 bits per heavy atom.